The maximum atomic E-state index is 11.1. The molecule has 76 valence electrons. The summed E-state index contributed by atoms with van der Waals surface area (Å²) in [7, 11) is 1.37. The van der Waals surface area contributed by atoms with Crippen LogP contribution in [0.15, 0.2) is 0 Å². The fourth-order valence-corrected chi connectivity index (χ4v) is 1.58. The van der Waals surface area contributed by atoms with Crippen molar-refractivity contribution in [1.29, 1.82) is 0 Å². The maximum Gasteiger partial charge on any atom is 0.307 e. The number of hydrogen-bond donors (Lipinski definition) is 1. The molecule has 2 N–H and O–H groups in total. The molecule has 13 heavy (non-hydrogen) atoms. The summed E-state index contributed by atoms with van der Waals surface area (Å²) in [5.41, 5.74) is 5.49. The number of ether oxygens (including phenoxy) is 2. The molecule has 0 aromatic rings. The summed E-state index contributed by atoms with van der Waals surface area (Å²) >= 11 is 0. The molecule has 3 unspecified atom stereocenters. The van der Waals surface area contributed by atoms with Gasteiger partial charge in [0.15, 0.2) is 0 Å². The lowest BCUT2D eigenvalue weighted by Gasteiger charge is -2.26. The molecule has 4 heteroatoms. The first-order chi connectivity index (χ1) is 5.99. The van der Waals surface area contributed by atoms with E-state index in [0.717, 1.165) is 0 Å². The molecule has 0 radical (unpaired) electrons. The van der Waals surface area contributed by atoms with Crippen molar-refractivity contribution in [2.24, 2.45) is 11.7 Å². The number of esters is 1. The van der Waals surface area contributed by atoms with Crippen LogP contribution in [0.25, 0.3) is 0 Å². The van der Waals surface area contributed by atoms with Gasteiger partial charge in [-0.2, -0.15) is 0 Å². The molecule has 0 bridgehead atoms. The van der Waals surface area contributed by atoms with Crippen LogP contribution < -0.4 is 5.73 Å². The lowest BCUT2D eigenvalue weighted by molar-refractivity contribution is -0.142. The van der Waals surface area contributed by atoms with E-state index in [9.17, 15) is 4.79 Å². The molecule has 0 aromatic heterocycles. The Kier molecular flexibility index (Phi) is 2.93. The van der Waals surface area contributed by atoms with E-state index in [1.165, 1.54) is 7.11 Å². The zero-order valence-corrected chi connectivity index (χ0v) is 8.37. The summed E-state index contributed by atoms with van der Waals surface area (Å²) in [4.78, 5) is 11.1. The SMILES string of the molecule is COC(=O)CC1(N)COC(C)C1C. The summed E-state index contributed by atoms with van der Waals surface area (Å²) in [6, 6.07) is 0. The van der Waals surface area contributed by atoms with Gasteiger partial charge in [-0.25, -0.2) is 0 Å². The quantitative estimate of drug-likeness (QED) is 0.632. The molecule has 0 amide bonds. The van der Waals surface area contributed by atoms with Crippen molar-refractivity contribution in [2.45, 2.75) is 31.9 Å². The minimum Gasteiger partial charge on any atom is -0.469 e. The Balaban J connectivity index is 2.61. The Hall–Kier alpha value is -0.610. The summed E-state index contributed by atoms with van der Waals surface area (Å²) in [6.45, 7) is 4.40. The fourth-order valence-electron chi connectivity index (χ4n) is 1.58. The third kappa shape index (κ3) is 2.00. The second-order valence-corrected chi connectivity index (χ2v) is 3.79. The second-order valence-electron chi connectivity index (χ2n) is 3.79. The van der Waals surface area contributed by atoms with Crippen LogP contribution in [0.3, 0.4) is 0 Å². The maximum absolute atomic E-state index is 11.1. The van der Waals surface area contributed by atoms with E-state index in [4.69, 9.17) is 10.5 Å². The molecule has 3 atom stereocenters. The van der Waals surface area contributed by atoms with Gasteiger partial charge in [0.2, 0.25) is 0 Å². The molecule has 1 fully saturated rings. The number of carbonyl (C=O) groups excluding carboxylic acids is 1. The fraction of sp³-hybridized carbons (Fsp3) is 0.889. The Morgan fingerprint density at radius 3 is 2.69 bits per heavy atom. The molecule has 0 aliphatic carbocycles. The first-order valence-electron chi connectivity index (χ1n) is 4.47. The molecule has 1 aliphatic rings. The molecule has 0 aromatic carbocycles. The van der Waals surface area contributed by atoms with Crippen LogP contribution in [0, 0.1) is 5.92 Å². The van der Waals surface area contributed by atoms with Gasteiger partial charge in [-0.1, -0.05) is 6.92 Å². The first-order valence-corrected chi connectivity index (χ1v) is 4.47. The molecular weight excluding hydrogens is 170 g/mol. The molecule has 1 heterocycles. The van der Waals surface area contributed by atoms with Gasteiger partial charge in [0, 0.05) is 5.92 Å². The van der Waals surface area contributed by atoms with Gasteiger partial charge in [-0.15, -0.1) is 0 Å². The Bertz CT molecular complexity index is 207. The lowest BCUT2D eigenvalue weighted by Crippen LogP contribution is -2.48. The van der Waals surface area contributed by atoms with E-state index >= 15 is 0 Å². The highest BCUT2D eigenvalue weighted by Gasteiger charge is 2.43. The lowest BCUT2D eigenvalue weighted by atomic mass is 9.83. The third-order valence-corrected chi connectivity index (χ3v) is 2.93. The van der Waals surface area contributed by atoms with Crippen LogP contribution in [0.2, 0.25) is 0 Å². The van der Waals surface area contributed by atoms with E-state index in [-0.39, 0.29) is 24.4 Å². The monoisotopic (exact) mass is 187 g/mol. The van der Waals surface area contributed by atoms with Crippen molar-refractivity contribution in [3.05, 3.63) is 0 Å². The average molecular weight is 187 g/mol. The van der Waals surface area contributed by atoms with E-state index in [2.05, 4.69) is 4.74 Å². The van der Waals surface area contributed by atoms with Crippen LogP contribution in [-0.4, -0.2) is 31.3 Å². The topological polar surface area (TPSA) is 61.5 Å². The smallest absolute Gasteiger partial charge is 0.307 e. The number of hydrogen-bond acceptors (Lipinski definition) is 4. The Morgan fingerprint density at radius 2 is 2.31 bits per heavy atom. The van der Waals surface area contributed by atoms with Gasteiger partial charge in [0.1, 0.15) is 0 Å². The van der Waals surface area contributed by atoms with Gasteiger partial charge in [0.05, 0.1) is 31.8 Å². The molecule has 4 nitrogen and oxygen atoms in total. The summed E-state index contributed by atoms with van der Waals surface area (Å²) in [5.74, 6) is -0.0846. The number of carbonyl (C=O) groups is 1. The van der Waals surface area contributed by atoms with E-state index < -0.39 is 5.54 Å². The molecule has 1 aliphatic heterocycles. The van der Waals surface area contributed by atoms with Crippen LogP contribution in [0.4, 0.5) is 0 Å². The second kappa shape index (κ2) is 3.64. The predicted molar refractivity (Wildman–Crippen MR) is 48.1 cm³/mol. The summed E-state index contributed by atoms with van der Waals surface area (Å²) in [6.07, 6.45) is 0.351. The average Bonchev–Trinajstić information content (AvgIpc) is 2.34. The largest absolute Gasteiger partial charge is 0.469 e. The van der Waals surface area contributed by atoms with Crippen molar-refractivity contribution in [3.63, 3.8) is 0 Å². The molecule has 1 saturated heterocycles. The third-order valence-electron chi connectivity index (χ3n) is 2.93. The van der Waals surface area contributed by atoms with E-state index in [0.29, 0.717) is 6.61 Å². The van der Waals surface area contributed by atoms with Crippen molar-refractivity contribution in [2.75, 3.05) is 13.7 Å². The highest BCUT2D eigenvalue weighted by Crippen LogP contribution is 2.31. The normalized spacial score (nSPS) is 39.1. The molecule has 0 spiro atoms. The van der Waals surface area contributed by atoms with Gasteiger partial charge in [-0.05, 0) is 6.92 Å². The van der Waals surface area contributed by atoms with Crippen molar-refractivity contribution in [1.82, 2.24) is 0 Å². The minimum atomic E-state index is -0.549. The standard InChI is InChI=1S/C9H17NO3/c1-6-7(2)13-5-9(6,10)4-8(11)12-3/h6-7H,4-5,10H2,1-3H3. The highest BCUT2D eigenvalue weighted by molar-refractivity contribution is 5.70. The molecule has 0 saturated carbocycles. The zero-order valence-electron chi connectivity index (χ0n) is 8.37. The highest BCUT2D eigenvalue weighted by atomic mass is 16.5. The van der Waals surface area contributed by atoms with Gasteiger partial charge in [-0.3, -0.25) is 4.79 Å². The molecular formula is C9H17NO3. The van der Waals surface area contributed by atoms with Crippen molar-refractivity contribution < 1.29 is 14.3 Å². The Morgan fingerprint density at radius 1 is 1.69 bits per heavy atom. The van der Waals surface area contributed by atoms with Gasteiger partial charge >= 0.3 is 5.97 Å². The molecule has 1 rings (SSSR count). The van der Waals surface area contributed by atoms with E-state index in [1.807, 2.05) is 13.8 Å². The Labute approximate surface area is 78.4 Å². The first kappa shape index (κ1) is 10.5. The van der Waals surface area contributed by atoms with E-state index in [1.54, 1.807) is 0 Å². The summed E-state index contributed by atoms with van der Waals surface area (Å²) in [5, 5.41) is 0. The summed E-state index contributed by atoms with van der Waals surface area (Å²) < 4.78 is 9.98. The minimum absolute atomic E-state index is 0.120. The van der Waals surface area contributed by atoms with Crippen LogP contribution in [0.1, 0.15) is 20.3 Å². The van der Waals surface area contributed by atoms with Gasteiger partial charge in [0.25, 0.3) is 0 Å². The van der Waals surface area contributed by atoms with Crippen molar-refractivity contribution in [3.8, 4) is 0 Å². The number of methoxy groups -OCH3 is 1. The van der Waals surface area contributed by atoms with Crippen LogP contribution >= 0.6 is 0 Å². The van der Waals surface area contributed by atoms with Crippen molar-refractivity contribution >= 4 is 5.97 Å². The van der Waals surface area contributed by atoms with Crippen LogP contribution in [0.5, 0.6) is 0 Å². The number of rotatable bonds is 2. The zero-order chi connectivity index (χ0) is 10.1. The van der Waals surface area contributed by atoms with Crippen LogP contribution in [-0.2, 0) is 14.3 Å². The van der Waals surface area contributed by atoms with Gasteiger partial charge < -0.3 is 15.2 Å². The predicted octanol–water partition coefficient (Wildman–Crippen LogP) is 0.302. The number of nitrogens with two attached hydrogens (primary N) is 1.